The van der Waals surface area contributed by atoms with E-state index < -0.39 is 5.82 Å². The Hall–Kier alpha value is -2.93. The summed E-state index contributed by atoms with van der Waals surface area (Å²) in [6.07, 6.45) is 1.67. The molecule has 2 fully saturated rings. The first-order valence-electron chi connectivity index (χ1n) is 11.6. The van der Waals surface area contributed by atoms with Crippen molar-refractivity contribution in [3.8, 4) is 5.75 Å². The van der Waals surface area contributed by atoms with Crippen LogP contribution in [0.3, 0.4) is 0 Å². The largest absolute Gasteiger partial charge is 0.493 e. The highest BCUT2D eigenvalue weighted by Crippen LogP contribution is 2.37. The van der Waals surface area contributed by atoms with Gasteiger partial charge in [-0.1, -0.05) is 30.3 Å². The van der Waals surface area contributed by atoms with E-state index in [2.05, 4.69) is 11.9 Å². The summed E-state index contributed by atoms with van der Waals surface area (Å²) in [6, 6.07) is 15.7. The molecule has 176 valence electrons. The van der Waals surface area contributed by atoms with Gasteiger partial charge in [-0.25, -0.2) is 4.39 Å². The van der Waals surface area contributed by atoms with Gasteiger partial charge in [-0.2, -0.15) is 0 Å². The molecule has 2 amide bonds. The molecule has 0 N–H and O–H groups in total. The second kappa shape index (κ2) is 10.3. The Kier molecular flexibility index (Phi) is 7.28. The molecule has 4 rings (SSSR count). The Balaban J connectivity index is 1.45. The fraction of sp³-hybridized carbons (Fsp3) is 0.462. The third-order valence-electron chi connectivity index (χ3n) is 6.89. The number of halogens is 1. The number of para-hydroxylation sites is 1. The highest BCUT2D eigenvalue weighted by Gasteiger charge is 2.40. The monoisotopic (exact) mass is 453 g/mol. The third kappa shape index (κ3) is 5.71. The number of piperazine rings is 1. The van der Waals surface area contributed by atoms with Gasteiger partial charge in [-0.3, -0.25) is 9.59 Å². The van der Waals surface area contributed by atoms with Crippen molar-refractivity contribution in [2.75, 3.05) is 52.9 Å². The molecule has 2 heterocycles. The molecule has 0 atom stereocenters. The van der Waals surface area contributed by atoms with Gasteiger partial charge in [0.2, 0.25) is 5.91 Å². The third-order valence-corrected chi connectivity index (χ3v) is 6.89. The molecule has 2 aliphatic rings. The van der Waals surface area contributed by atoms with Crippen molar-refractivity contribution >= 4 is 11.8 Å². The van der Waals surface area contributed by atoms with Crippen LogP contribution < -0.4 is 4.74 Å². The first kappa shape index (κ1) is 23.2. The number of nitrogens with zero attached hydrogens (tertiary/aromatic N) is 3. The molecule has 0 aromatic heterocycles. The van der Waals surface area contributed by atoms with Gasteiger partial charge >= 0.3 is 0 Å². The van der Waals surface area contributed by atoms with Crippen LogP contribution in [0.25, 0.3) is 0 Å². The number of ether oxygens (including phenoxy) is 1. The van der Waals surface area contributed by atoms with Crippen LogP contribution in [0.15, 0.2) is 54.6 Å². The highest BCUT2D eigenvalue weighted by molar-refractivity contribution is 5.94. The van der Waals surface area contributed by atoms with Crippen molar-refractivity contribution in [1.29, 1.82) is 0 Å². The van der Waals surface area contributed by atoms with Crippen molar-refractivity contribution < 1.29 is 18.7 Å². The first-order valence-corrected chi connectivity index (χ1v) is 11.6. The summed E-state index contributed by atoms with van der Waals surface area (Å²) >= 11 is 0. The zero-order valence-electron chi connectivity index (χ0n) is 19.2. The lowest BCUT2D eigenvalue weighted by molar-refractivity contribution is -0.136. The van der Waals surface area contributed by atoms with E-state index in [0.29, 0.717) is 39.0 Å². The molecule has 2 saturated heterocycles. The van der Waals surface area contributed by atoms with Crippen LogP contribution in [0, 0.1) is 11.2 Å². The Bertz CT molecular complexity index is 952. The van der Waals surface area contributed by atoms with Gasteiger partial charge in [0.15, 0.2) is 0 Å². The second-order valence-corrected chi connectivity index (χ2v) is 9.23. The van der Waals surface area contributed by atoms with Crippen molar-refractivity contribution in [2.24, 2.45) is 5.41 Å². The highest BCUT2D eigenvalue weighted by atomic mass is 19.1. The fourth-order valence-electron chi connectivity index (χ4n) is 4.60. The fourth-order valence-corrected chi connectivity index (χ4v) is 4.60. The summed E-state index contributed by atoms with van der Waals surface area (Å²) in [5, 5.41) is 0. The molecule has 33 heavy (non-hydrogen) atoms. The van der Waals surface area contributed by atoms with Crippen LogP contribution in [0.5, 0.6) is 5.75 Å². The molecule has 0 spiro atoms. The minimum Gasteiger partial charge on any atom is -0.493 e. The van der Waals surface area contributed by atoms with Crippen LogP contribution in [0.1, 0.15) is 29.6 Å². The van der Waals surface area contributed by atoms with E-state index in [1.54, 1.807) is 17.0 Å². The SMILES string of the molecule is CN1CCN(C(=O)CC2(COc3ccccc3)CCN(C(=O)c3ccccc3F)CC2)CC1. The predicted molar refractivity (Wildman–Crippen MR) is 125 cm³/mol. The molecule has 0 radical (unpaired) electrons. The van der Waals surface area contributed by atoms with Crippen LogP contribution in [-0.2, 0) is 4.79 Å². The average Bonchev–Trinajstić information content (AvgIpc) is 2.84. The van der Waals surface area contributed by atoms with E-state index in [-0.39, 0.29) is 22.8 Å². The minimum absolute atomic E-state index is 0.0963. The zero-order valence-corrected chi connectivity index (χ0v) is 19.2. The molecular weight excluding hydrogens is 421 g/mol. The van der Waals surface area contributed by atoms with E-state index >= 15 is 0 Å². The van der Waals surface area contributed by atoms with Gasteiger partial charge in [0.05, 0.1) is 12.2 Å². The summed E-state index contributed by atoms with van der Waals surface area (Å²) < 4.78 is 20.3. The molecule has 0 unspecified atom stereocenters. The van der Waals surface area contributed by atoms with Gasteiger partial charge in [0.25, 0.3) is 5.91 Å². The quantitative estimate of drug-likeness (QED) is 0.674. The number of amides is 2. The van der Waals surface area contributed by atoms with Crippen LogP contribution in [0.2, 0.25) is 0 Å². The lowest BCUT2D eigenvalue weighted by Gasteiger charge is -2.42. The maximum Gasteiger partial charge on any atom is 0.256 e. The van der Waals surface area contributed by atoms with Crippen molar-refractivity contribution in [2.45, 2.75) is 19.3 Å². The Morgan fingerprint density at radius 1 is 0.879 bits per heavy atom. The summed E-state index contributed by atoms with van der Waals surface area (Å²) in [7, 11) is 2.07. The molecule has 2 aliphatic heterocycles. The van der Waals surface area contributed by atoms with E-state index in [1.165, 1.54) is 12.1 Å². The molecule has 0 bridgehead atoms. The minimum atomic E-state index is -0.503. The van der Waals surface area contributed by atoms with Crippen molar-refractivity contribution in [3.05, 3.63) is 66.0 Å². The Morgan fingerprint density at radius 2 is 1.52 bits per heavy atom. The van der Waals surface area contributed by atoms with Crippen LogP contribution in [-0.4, -0.2) is 79.4 Å². The van der Waals surface area contributed by atoms with Crippen LogP contribution >= 0.6 is 0 Å². The predicted octanol–water partition coefficient (Wildman–Crippen LogP) is 3.29. The summed E-state index contributed by atoms with van der Waals surface area (Å²) in [4.78, 5) is 31.9. The number of benzene rings is 2. The number of likely N-dealkylation sites (tertiary alicyclic amines) is 1. The van der Waals surface area contributed by atoms with Crippen molar-refractivity contribution in [1.82, 2.24) is 14.7 Å². The topological polar surface area (TPSA) is 53.1 Å². The zero-order chi connectivity index (χ0) is 23.3. The van der Waals surface area contributed by atoms with Crippen molar-refractivity contribution in [3.63, 3.8) is 0 Å². The number of carbonyl (C=O) groups is 2. The van der Waals surface area contributed by atoms with E-state index in [1.807, 2.05) is 35.2 Å². The van der Waals surface area contributed by atoms with Gasteiger partial charge in [0.1, 0.15) is 11.6 Å². The van der Waals surface area contributed by atoms with Gasteiger partial charge in [-0.05, 0) is 44.2 Å². The lowest BCUT2D eigenvalue weighted by Crippen LogP contribution is -2.51. The maximum atomic E-state index is 14.1. The first-order chi connectivity index (χ1) is 16.0. The summed E-state index contributed by atoms with van der Waals surface area (Å²) in [5.74, 6) is 0.121. The molecule has 0 saturated carbocycles. The molecule has 7 heteroatoms. The summed E-state index contributed by atoms with van der Waals surface area (Å²) in [5.41, 5.74) is -0.263. The number of likely N-dealkylation sites (N-methyl/N-ethyl adjacent to an activating group) is 1. The number of hydrogen-bond donors (Lipinski definition) is 0. The molecular formula is C26H32FN3O3. The standard InChI is InChI=1S/C26H32FN3O3/c1-28-15-17-29(18-16-28)24(31)19-26(20-33-21-7-3-2-4-8-21)11-13-30(14-12-26)25(32)22-9-5-6-10-23(22)27/h2-10H,11-20H2,1H3. The number of piperidine rings is 1. The van der Waals surface area contributed by atoms with E-state index in [9.17, 15) is 14.0 Å². The molecule has 0 aliphatic carbocycles. The Labute approximate surface area is 194 Å². The number of carbonyl (C=O) groups excluding carboxylic acids is 2. The van der Waals surface area contributed by atoms with Gasteiger partial charge < -0.3 is 19.4 Å². The lowest BCUT2D eigenvalue weighted by atomic mass is 9.75. The van der Waals surface area contributed by atoms with Crippen LogP contribution in [0.4, 0.5) is 4.39 Å². The smallest absolute Gasteiger partial charge is 0.256 e. The Morgan fingerprint density at radius 3 is 2.18 bits per heavy atom. The van der Waals surface area contributed by atoms with E-state index in [0.717, 1.165) is 31.9 Å². The second-order valence-electron chi connectivity index (χ2n) is 9.23. The number of rotatable bonds is 6. The summed E-state index contributed by atoms with van der Waals surface area (Å²) in [6.45, 7) is 4.60. The van der Waals surface area contributed by atoms with Gasteiger partial charge in [-0.15, -0.1) is 0 Å². The maximum absolute atomic E-state index is 14.1. The van der Waals surface area contributed by atoms with E-state index in [4.69, 9.17) is 4.74 Å². The van der Waals surface area contributed by atoms with Gasteiger partial charge in [0, 0.05) is 51.1 Å². The molecule has 2 aromatic carbocycles. The average molecular weight is 454 g/mol. The molecule has 2 aromatic rings. The number of hydrogen-bond acceptors (Lipinski definition) is 4. The molecule has 6 nitrogen and oxygen atoms in total. The normalized spacial score (nSPS) is 18.7.